The van der Waals surface area contributed by atoms with Gasteiger partial charge in [-0.15, -0.1) is 11.3 Å². The standard InChI is InChI=1S/C19H23N3O3S/c1-3-25-15-6-4-14(5-7-15)18-21-12(2)16(26-18)19(24)22-10-8-13(9-11-22)17(20)23/h4-7,13H,3,8-11H2,1-2H3,(H2,20,23). The minimum Gasteiger partial charge on any atom is -0.494 e. The van der Waals surface area contributed by atoms with Gasteiger partial charge in [0.15, 0.2) is 0 Å². The van der Waals surface area contributed by atoms with Crippen molar-refractivity contribution in [3.63, 3.8) is 0 Å². The molecule has 1 aromatic carbocycles. The van der Waals surface area contributed by atoms with E-state index in [4.69, 9.17) is 10.5 Å². The molecule has 1 aliphatic rings. The molecule has 2 amide bonds. The number of primary amides is 1. The Morgan fingerprint density at radius 3 is 2.50 bits per heavy atom. The summed E-state index contributed by atoms with van der Waals surface area (Å²) < 4.78 is 5.46. The number of hydrogen-bond donors (Lipinski definition) is 1. The van der Waals surface area contributed by atoms with Gasteiger partial charge >= 0.3 is 0 Å². The van der Waals surface area contributed by atoms with Crippen molar-refractivity contribution in [3.8, 4) is 16.3 Å². The third-order valence-electron chi connectivity index (χ3n) is 4.59. The second-order valence-corrected chi connectivity index (χ2v) is 7.36. The number of thiazole rings is 1. The van der Waals surface area contributed by atoms with Gasteiger partial charge in [0.05, 0.1) is 12.3 Å². The van der Waals surface area contributed by atoms with Crippen molar-refractivity contribution < 1.29 is 14.3 Å². The molecule has 26 heavy (non-hydrogen) atoms. The molecule has 1 saturated heterocycles. The zero-order valence-corrected chi connectivity index (χ0v) is 15.8. The third-order valence-corrected chi connectivity index (χ3v) is 5.78. The van der Waals surface area contributed by atoms with E-state index in [2.05, 4.69) is 4.98 Å². The number of likely N-dealkylation sites (tertiary alicyclic amines) is 1. The lowest BCUT2D eigenvalue weighted by molar-refractivity contribution is -0.123. The van der Waals surface area contributed by atoms with Gasteiger partial charge in [0.25, 0.3) is 5.91 Å². The van der Waals surface area contributed by atoms with E-state index in [0.29, 0.717) is 37.4 Å². The summed E-state index contributed by atoms with van der Waals surface area (Å²) in [5.41, 5.74) is 7.06. The average molecular weight is 373 g/mol. The number of carbonyl (C=O) groups excluding carboxylic acids is 2. The number of piperidine rings is 1. The summed E-state index contributed by atoms with van der Waals surface area (Å²) in [7, 11) is 0. The molecular weight excluding hydrogens is 350 g/mol. The van der Waals surface area contributed by atoms with Crippen LogP contribution in [0.3, 0.4) is 0 Å². The number of ether oxygens (including phenoxy) is 1. The van der Waals surface area contributed by atoms with Crippen LogP contribution in [0.5, 0.6) is 5.75 Å². The lowest BCUT2D eigenvalue weighted by Crippen LogP contribution is -2.41. The minimum atomic E-state index is -0.274. The molecular formula is C19H23N3O3S. The van der Waals surface area contributed by atoms with Gasteiger partial charge in [0.1, 0.15) is 15.6 Å². The molecule has 2 N–H and O–H groups in total. The summed E-state index contributed by atoms with van der Waals surface area (Å²) in [4.78, 5) is 31.1. The number of amides is 2. The molecule has 7 heteroatoms. The Labute approximate surface area is 157 Å². The van der Waals surface area contributed by atoms with E-state index >= 15 is 0 Å². The number of benzene rings is 1. The summed E-state index contributed by atoms with van der Waals surface area (Å²) in [6, 6.07) is 7.73. The van der Waals surface area contributed by atoms with E-state index in [0.717, 1.165) is 22.0 Å². The molecule has 6 nitrogen and oxygen atoms in total. The smallest absolute Gasteiger partial charge is 0.265 e. The van der Waals surface area contributed by atoms with Gasteiger partial charge in [-0.1, -0.05) is 0 Å². The Hall–Kier alpha value is -2.41. The largest absolute Gasteiger partial charge is 0.494 e. The molecule has 0 unspecified atom stereocenters. The number of nitrogens with two attached hydrogens (primary N) is 1. The van der Waals surface area contributed by atoms with E-state index in [9.17, 15) is 9.59 Å². The quantitative estimate of drug-likeness (QED) is 0.873. The van der Waals surface area contributed by atoms with Gasteiger partial charge in [-0.2, -0.15) is 0 Å². The highest BCUT2D eigenvalue weighted by molar-refractivity contribution is 7.17. The normalized spacial score (nSPS) is 15.1. The van der Waals surface area contributed by atoms with Gasteiger partial charge in [-0.25, -0.2) is 4.98 Å². The SMILES string of the molecule is CCOc1ccc(-c2nc(C)c(C(=O)N3CCC(C(N)=O)CC3)s2)cc1. The molecule has 1 aromatic heterocycles. The molecule has 0 bridgehead atoms. The molecule has 0 saturated carbocycles. The molecule has 0 atom stereocenters. The summed E-state index contributed by atoms with van der Waals surface area (Å²) in [6.45, 7) is 5.55. The number of aromatic nitrogens is 1. The van der Waals surface area contributed by atoms with Crippen LogP contribution >= 0.6 is 11.3 Å². The zero-order valence-electron chi connectivity index (χ0n) is 15.0. The Kier molecular flexibility index (Phi) is 5.56. The van der Waals surface area contributed by atoms with Crippen LogP contribution in [0.15, 0.2) is 24.3 Å². The molecule has 138 valence electrons. The van der Waals surface area contributed by atoms with Crippen LogP contribution in [0, 0.1) is 12.8 Å². The molecule has 0 radical (unpaired) electrons. The minimum absolute atomic E-state index is 0.0138. The van der Waals surface area contributed by atoms with Crippen LogP contribution < -0.4 is 10.5 Å². The highest BCUT2D eigenvalue weighted by Gasteiger charge is 2.28. The van der Waals surface area contributed by atoms with Crippen LogP contribution in [-0.2, 0) is 4.79 Å². The predicted molar refractivity (Wildman–Crippen MR) is 101 cm³/mol. The van der Waals surface area contributed by atoms with Crippen LogP contribution in [0.25, 0.3) is 10.6 Å². The predicted octanol–water partition coefficient (Wildman–Crippen LogP) is 2.85. The average Bonchev–Trinajstić information content (AvgIpc) is 3.04. The highest BCUT2D eigenvalue weighted by Crippen LogP contribution is 2.31. The summed E-state index contributed by atoms with van der Waals surface area (Å²) in [6.07, 6.45) is 1.26. The number of carbonyl (C=O) groups is 2. The van der Waals surface area contributed by atoms with Crippen LogP contribution in [0.2, 0.25) is 0 Å². The van der Waals surface area contributed by atoms with Crippen molar-refractivity contribution >= 4 is 23.2 Å². The maximum atomic E-state index is 12.8. The first-order valence-electron chi connectivity index (χ1n) is 8.78. The van der Waals surface area contributed by atoms with Gasteiger partial charge in [0.2, 0.25) is 5.91 Å². The van der Waals surface area contributed by atoms with Crippen molar-refractivity contribution in [1.82, 2.24) is 9.88 Å². The number of hydrogen-bond acceptors (Lipinski definition) is 5. The van der Waals surface area contributed by atoms with Gasteiger partial charge in [-0.05, 0) is 51.0 Å². The summed E-state index contributed by atoms with van der Waals surface area (Å²) in [5, 5.41) is 0.820. The maximum Gasteiger partial charge on any atom is 0.265 e. The molecule has 2 aromatic rings. The van der Waals surface area contributed by atoms with Crippen LogP contribution in [0.4, 0.5) is 0 Å². The Morgan fingerprint density at radius 1 is 1.27 bits per heavy atom. The van der Waals surface area contributed by atoms with Crippen molar-refractivity contribution in [2.24, 2.45) is 11.7 Å². The monoisotopic (exact) mass is 373 g/mol. The zero-order chi connectivity index (χ0) is 18.7. The Morgan fingerprint density at radius 2 is 1.92 bits per heavy atom. The van der Waals surface area contributed by atoms with E-state index in [1.54, 1.807) is 4.90 Å². The first-order chi connectivity index (χ1) is 12.5. The molecule has 2 heterocycles. The maximum absolute atomic E-state index is 12.8. The first kappa shape index (κ1) is 18.4. The van der Waals surface area contributed by atoms with E-state index in [1.165, 1.54) is 11.3 Å². The molecule has 1 fully saturated rings. The summed E-state index contributed by atoms with van der Waals surface area (Å²) >= 11 is 1.41. The van der Waals surface area contributed by atoms with Crippen LogP contribution in [0.1, 0.15) is 35.1 Å². The van der Waals surface area contributed by atoms with E-state index in [-0.39, 0.29) is 17.7 Å². The Balaban J connectivity index is 1.73. The fourth-order valence-electron chi connectivity index (χ4n) is 3.09. The van der Waals surface area contributed by atoms with Crippen molar-refractivity contribution in [3.05, 3.63) is 34.8 Å². The summed E-state index contributed by atoms with van der Waals surface area (Å²) in [5.74, 6) is 0.406. The molecule has 3 rings (SSSR count). The number of rotatable bonds is 5. The lowest BCUT2D eigenvalue weighted by Gasteiger charge is -2.30. The fraction of sp³-hybridized carbons (Fsp3) is 0.421. The van der Waals surface area contributed by atoms with Gasteiger partial charge in [0, 0.05) is 24.6 Å². The third kappa shape index (κ3) is 3.88. The highest BCUT2D eigenvalue weighted by atomic mass is 32.1. The Bertz CT molecular complexity index is 793. The molecule has 1 aliphatic heterocycles. The molecule has 0 aliphatic carbocycles. The van der Waals surface area contributed by atoms with Gasteiger partial charge in [-0.3, -0.25) is 9.59 Å². The first-order valence-corrected chi connectivity index (χ1v) is 9.60. The van der Waals surface area contributed by atoms with Gasteiger partial charge < -0.3 is 15.4 Å². The lowest BCUT2D eigenvalue weighted by atomic mass is 9.96. The topological polar surface area (TPSA) is 85.5 Å². The number of aryl methyl sites for hydroxylation is 1. The molecule has 0 spiro atoms. The van der Waals surface area contributed by atoms with Crippen molar-refractivity contribution in [1.29, 1.82) is 0 Å². The number of nitrogens with zero attached hydrogens (tertiary/aromatic N) is 2. The second-order valence-electron chi connectivity index (χ2n) is 6.36. The van der Waals surface area contributed by atoms with E-state index < -0.39 is 0 Å². The van der Waals surface area contributed by atoms with Crippen LogP contribution in [-0.4, -0.2) is 41.4 Å². The van der Waals surface area contributed by atoms with Crippen molar-refractivity contribution in [2.45, 2.75) is 26.7 Å². The fourth-order valence-corrected chi connectivity index (χ4v) is 4.13. The van der Waals surface area contributed by atoms with E-state index in [1.807, 2.05) is 38.1 Å². The second kappa shape index (κ2) is 7.86. The van der Waals surface area contributed by atoms with Crippen molar-refractivity contribution in [2.75, 3.05) is 19.7 Å².